The van der Waals surface area contributed by atoms with Crippen LogP contribution in [-0.2, 0) is 6.54 Å². The highest BCUT2D eigenvalue weighted by Gasteiger charge is 2.04. The third-order valence-electron chi connectivity index (χ3n) is 2.59. The van der Waals surface area contributed by atoms with Crippen LogP contribution in [0.1, 0.15) is 12.5 Å². The molecule has 0 fully saturated rings. The van der Waals surface area contributed by atoms with Gasteiger partial charge in [-0.2, -0.15) is 0 Å². The van der Waals surface area contributed by atoms with Crippen molar-refractivity contribution in [1.29, 1.82) is 0 Å². The molecule has 0 unspecified atom stereocenters. The molecule has 0 amide bonds. The Hall–Kier alpha value is -1.74. The maximum atomic E-state index is 13.6. The van der Waals surface area contributed by atoms with Gasteiger partial charge in [0.2, 0.25) is 0 Å². The third-order valence-corrected chi connectivity index (χ3v) is 2.59. The summed E-state index contributed by atoms with van der Waals surface area (Å²) in [5.41, 5.74) is 2.64. The van der Waals surface area contributed by atoms with Crippen LogP contribution in [0.15, 0.2) is 42.7 Å². The van der Waals surface area contributed by atoms with E-state index in [1.165, 1.54) is 6.20 Å². The fraction of sp³-hybridized carbons (Fsp3) is 0.214. The second-order valence-electron chi connectivity index (χ2n) is 3.84. The molecule has 0 saturated carbocycles. The smallest absolute Gasteiger partial charge is 0.149 e. The molecule has 0 aliphatic rings. The molecule has 1 N–H and O–H groups in total. The number of nitrogens with one attached hydrogen (secondary N) is 1. The zero-order chi connectivity index (χ0) is 12.1. The minimum absolute atomic E-state index is 0.284. The van der Waals surface area contributed by atoms with Gasteiger partial charge in [-0.15, -0.1) is 0 Å². The van der Waals surface area contributed by atoms with Crippen molar-refractivity contribution in [3.63, 3.8) is 0 Å². The van der Waals surface area contributed by atoms with Crippen molar-refractivity contribution in [2.45, 2.75) is 13.5 Å². The van der Waals surface area contributed by atoms with Crippen LogP contribution in [0.5, 0.6) is 0 Å². The SMILES string of the molecule is CCNCc1cccc(-c2ccncc2F)c1. The van der Waals surface area contributed by atoms with Crippen molar-refractivity contribution >= 4 is 0 Å². The summed E-state index contributed by atoms with van der Waals surface area (Å²) in [4.78, 5) is 3.76. The molecule has 1 aromatic heterocycles. The molecule has 0 radical (unpaired) electrons. The number of aromatic nitrogens is 1. The van der Waals surface area contributed by atoms with E-state index in [-0.39, 0.29) is 5.82 Å². The van der Waals surface area contributed by atoms with Gasteiger partial charge < -0.3 is 5.32 Å². The largest absolute Gasteiger partial charge is 0.313 e. The molecule has 88 valence electrons. The summed E-state index contributed by atoms with van der Waals surface area (Å²) in [5, 5.41) is 3.25. The van der Waals surface area contributed by atoms with E-state index in [9.17, 15) is 4.39 Å². The van der Waals surface area contributed by atoms with Crippen LogP contribution in [0.2, 0.25) is 0 Å². The summed E-state index contributed by atoms with van der Waals surface area (Å²) in [6.07, 6.45) is 2.85. The van der Waals surface area contributed by atoms with Gasteiger partial charge in [0, 0.05) is 18.3 Å². The minimum Gasteiger partial charge on any atom is -0.313 e. The Morgan fingerprint density at radius 3 is 2.94 bits per heavy atom. The van der Waals surface area contributed by atoms with Crippen molar-refractivity contribution in [2.75, 3.05) is 6.54 Å². The lowest BCUT2D eigenvalue weighted by Crippen LogP contribution is -2.11. The van der Waals surface area contributed by atoms with Gasteiger partial charge in [0.1, 0.15) is 5.82 Å². The maximum absolute atomic E-state index is 13.6. The summed E-state index contributed by atoms with van der Waals surface area (Å²) >= 11 is 0. The van der Waals surface area contributed by atoms with Gasteiger partial charge in [0.15, 0.2) is 0 Å². The van der Waals surface area contributed by atoms with Crippen LogP contribution in [0, 0.1) is 5.82 Å². The first kappa shape index (κ1) is 11.7. The zero-order valence-electron chi connectivity index (χ0n) is 9.78. The van der Waals surface area contributed by atoms with E-state index in [1.54, 1.807) is 12.3 Å². The standard InChI is InChI=1S/C14H15FN2/c1-2-16-9-11-4-3-5-12(8-11)13-6-7-17-10-14(13)15/h3-8,10,16H,2,9H2,1H3. The highest BCUT2D eigenvalue weighted by molar-refractivity contribution is 5.64. The molecule has 2 rings (SSSR count). The van der Waals surface area contributed by atoms with Crippen LogP contribution in [0.3, 0.4) is 0 Å². The van der Waals surface area contributed by atoms with Gasteiger partial charge in [0.05, 0.1) is 6.20 Å². The van der Waals surface area contributed by atoms with E-state index in [1.807, 2.05) is 24.3 Å². The molecule has 0 saturated heterocycles. The predicted molar refractivity (Wildman–Crippen MR) is 67.0 cm³/mol. The van der Waals surface area contributed by atoms with E-state index in [0.29, 0.717) is 5.56 Å². The van der Waals surface area contributed by atoms with E-state index >= 15 is 0 Å². The van der Waals surface area contributed by atoms with Crippen LogP contribution in [0.25, 0.3) is 11.1 Å². The number of hydrogen-bond acceptors (Lipinski definition) is 2. The quantitative estimate of drug-likeness (QED) is 0.873. The van der Waals surface area contributed by atoms with E-state index in [2.05, 4.69) is 17.2 Å². The Morgan fingerprint density at radius 1 is 1.29 bits per heavy atom. The maximum Gasteiger partial charge on any atom is 0.149 e. The molecule has 0 aliphatic heterocycles. The molecular weight excluding hydrogens is 215 g/mol. The molecule has 3 heteroatoms. The minimum atomic E-state index is -0.284. The summed E-state index contributed by atoms with van der Waals surface area (Å²) in [6.45, 7) is 3.79. The Bertz CT molecular complexity index is 497. The molecule has 0 bridgehead atoms. The average Bonchev–Trinajstić information content (AvgIpc) is 2.37. The fourth-order valence-electron chi connectivity index (χ4n) is 1.73. The number of benzene rings is 1. The van der Waals surface area contributed by atoms with Crippen molar-refractivity contribution in [1.82, 2.24) is 10.3 Å². The number of halogens is 1. The second-order valence-corrected chi connectivity index (χ2v) is 3.84. The van der Waals surface area contributed by atoms with E-state index < -0.39 is 0 Å². The number of hydrogen-bond donors (Lipinski definition) is 1. The number of pyridine rings is 1. The Morgan fingerprint density at radius 2 is 2.18 bits per heavy atom. The normalized spacial score (nSPS) is 10.5. The Balaban J connectivity index is 2.30. The highest BCUT2D eigenvalue weighted by Crippen LogP contribution is 2.22. The molecule has 1 aromatic carbocycles. The van der Waals surface area contributed by atoms with Gasteiger partial charge in [-0.25, -0.2) is 4.39 Å². The van der Waals surface area contributed by atoms with Crippen molar-refractivity contribution in [3.8, 4) is 11.1 Å². The summed E-state index contributed by atoms with van der Waals surface area (Å²) in [6, 6.07) is 9.59. The van der Waals surface area contributed by atoms with Gasteiger partial charge in [-0.05, 0) is 29.8 Å². The summed E-state index contributed by atoms with van der Waals surface area (Å²) in [7, 11) is 0. The topological polar surface area (TPSA) is 24.9 Å². The molecule has 17 heavy (non-hydrogen) atoms. The Labute approximate surface area is 101 Å². The first-order valence-electron chi connectivity index (χ1n) is 5.71. The van der Waals surface area contributed by atoms with Crippen molar-refractivity contribution in [2.24, 2.45) is 0 Å². The molecule has 1 heterocycles. The molecule has 0 aliphatic carbocycles. The van der Waals surface area contributed by atoms with Crippen LogP contribution in [0.4, 0.5) is 4.39 Å². The van der Waals surface area contributed by atoms with E-state index in [0.717, 1.165) is 24.2 Å². The second kappa shape index (κ2) is 5.55. The lowest BCUT2D eigenvalue weighted by molar-refractivity contribution is 0.625. The molecular formula is C14H15FN2. The monoisotopic (exact) mass is 230 g/mol. The van der Waals surface area contributed by atoms with Gasteiger partial charge >= 0.3 is 0 Å². The first-order valence-corrected chi connectivity index (χ1v) is 5.71. The number of rotatable bonds is 4. The molecule has 2 nitrogen and oxygen atoms in total. The van der Waals surface area contributed by atoms with Gasteiger partial charge in [0.25, 0.3) is 0 Å². The molecule has 0 atom stereocenters. The first-order chi connectivity index (χ1) is 8.31. The Kier molecular flexibility index (Phi) is 3.83. The van der Waals surface area contributed by atoms with E-state index in [4.69, 9.17) is 0 Å². The lowest BCUT2D eigenvalue weighted by Gasteiger charge is -2.06. The van der Waals surface area contributed by atoms with Crippen molar-refractivity contribution < 1.29 is 4.39 Å². The zero-order valence-corrected chi connectivity index (χ0v) is 9.78. The van der Waals surface area contributed by atoms with Crippen LogP contribution < -0.4 is 5.32 Å². The highest BCUT2D eigenvalue weighted by atomic mass is 19.1. The molecule has 2 aromatic rings. The van der Waals surface area contributed by atoms with Crippen LogP contribution >= 0.6 is 0 Å². The third kappa shape index (κ3) is 2.88. The lowest BCUT2D eigenvalue weighted by atomic mass is 10.0. The molecule has 0 spiro atoms. The summed E-state index contributed by atoms with van der Waals surface area (Å²) < 4.78 is 13.6. The van der Waals surface area contributed by atoms with Crippen LogP contribution in [-0.4, -0.2) is 11.5 Å². The van der Waals surface area contributed by atoms with Crippen molar-refractivity contribution in [3.05, 3.63) is 54.1 Å². The van der Waals surface area contributed by atoms with Gasteiger partial charge in [-0.1, -0.05) is 25.1 Å². The average molecular weight is 230 g/mol. The van der Waals surface area contributed by atoms with Gasteiger partial charge in [-0.3, -0.25) is 4.98 Å². The predicted octanol–water partition coefficient (Wildman–Crippen LogP) is 3.00. The fourth-order valence-corrected chi connectivity index (χ4v) is 1.73. The number of nitrogens with zero attached hydrogens (tertiary/aromatic N) is 1. The summed E-state index contributed by atoms with van der Waals surface area (Å²) in [5.74, 6) is -0.284.